The second-order valence-electron chi connectivity index (χ2n) is 7.55. The normalized spacial score (nSPS) is 15.4. The van der Waals surface area contributed by atoms with Gasteiger partial charge in [-0.1, -0.05) is 48.2 Å². The molecule has 1 atom stereocenters. The number of carbonyl (C=O) groups is 1. The second-order valence-corrected chi connectivity index (χ2v) is 9.47. The van der Waals surface area contributed by atoms with Gasteiger partial charge in [-0.25, -0.2) is 0 Å². The van der Waals surface area contributed by atoms with Gasteiger partial charge in [0.1, 0.15) is 5.82 Å². The lowest BCUT2D eigenvalue weighted by atomic mass is 10.2. The first-order valence-corrected chi connectivity index (χ1v) is 12.2. The van der Waals surface area contributed by atoms with Crippen molar-refractivity contribution >= 4 is 29.0 Å². The van der Waals surface area contributed by atoms with Crippen LogP contribution >= 0.6 is 23.1 Å². The molecule has 1 N–H and O–H groups in total. The van der Waals surface area contributed by atoms with E-state index >= 15 is 0 Å². The third-order valence-electron chi connectivity index (χ3n) is 5.22. The predicted molar refractivity (Wildman–Crippen MR) is 122 cm³/mol. The zero-order valence-electron chi connectivity index (χ0n) is 17.2. The minimum Gasteiger partial charge on any atom is -0.348 e. The van der Waals surface area contributed by atoms with Crippen molar-refractivity contribution in [1.82, 2.24) is 25.0 Å². The molecule has 1 amide bonds. The Labute approximate surface area is 185 Å². The van der Waals surface area contributed by atoms with Crippen LogP contribution in [-0.2, 0) is 17.9 Å². The van der Waals surface area contributed by atoms with Gasteiger partial charge in [-0.15, -0.1) is 21.5 Å². The number of likely N-dealkylation sites (tertiary alicyclic amines) is 1. The Morgan fingerprint density at radius 3 is 2.67 bits per heavy atom. The molecule has 0 bridgehead atoms. The van der Waals surface area contributed by atoms with Crippen LogP contribution in [0.2, 0.25) is 0 Å². The fraction of sp³-hybridized carbons (Fsp3) is 0.409. The number of carbonyl (C=O) groups excluding carboxylic acids is 1. The van der Waals surface area contributed by atoms with Crippen molar-refractivity contribution in [3.63, 3.8) is 0 Å². The van der Waals surface area contributed by atoms with Crippen LogP contribution in [0, 0.1) is 0 Å². The van der Waals surface area contributed by atoms with Gasteiger partial charge in [-0.05, 0) is 49.9 Å². The molecule has 4 rings (SSSR count). The van der Waals surface area contributed by atoms with Crippen LogP contribution in [0.4, 0.5) is 0 Å². The van der Waals surface area contributed by atoms with Gasteiger partial charge < -0.3 is 9.88 Å². The summed E-state index contributed by atoms with van der Waals surface area (Å²) in [5.74, 6) is 1.30. The molecule has 2 aromatic heterocycles. The highest BCUT2D eigenvalue weighted by molar-refractivity contribution is 7.99. The van der Waals surface area contributed by atoms with E-state index < -0.39 is 0 Å². The highest BCUT2D eigenvalue weighted by Crippen LogP contribution is 2.22. The van der Waals surface area contributed by atoms with E-state index in [-0.39, 0.29) is 11.9 Å². The molecule has 0 radical (unpaired) electrons. The summed E-state index contributed by atoms with van der Waals surface area (Å²) in [5.41, 5.74) is 1.21. The van der Waals surface area contributed by atoms with Crippen molar-refractivity contribution in [2.45, 2.75) is 44.1 Å². The molecule has 1 saturated heterocycles. The van der Waals surface area contributed by atoms with Gasteiger partial charge in [0.05, 0.1) is 24.9 Å². The van der Waals surface area contributed by atoms with Crippen molar-refractivity contribution in [3.05, 3.63) is 64.1 Å². The highest BCUT2D eigenvalue weighted by atomic mass is 32.2. The first kappa shape index (κ1) is 21.1. The summed E-state index contributed by atoms with van der Waals surface area (Å²) in [7, 11) is 0. The molecule has 30 heavy (non-hydrogen) atoms. The molecule has 0 spiro atoms. The number of hydrogen-bond donors (Lipinski definition) is 1. The van der Waals surface area contributed by atoms with Gasteiger partial charge in [-0.2, -0.15) is 0 Å². The molecule has 8 heteroatoms. The third kappa shape index (κ3) is 5.50. The number of nitrogens with zero attached hydrogens (tertiary/aromatic N) is 4. The van der Waals surface area contributed by atoms with Gasteiger partial charge in [-0.3, -0.25) is 9.69 Å². The summed E-state index contributed by atoms with van der Waals surface area (Å²) in [6.07, 6.45) is 2.49. The molecule has 3 aromatic rings. The average Bonchev–Trinajstić information content (AvgIpc) is 3.51. The molecular weight excluding hydrogens is 414 g/mol. The van der Waals surface area contributed by atoms with Gasteiger partial charge >= 0.3 is 0 Å². The van der Waals surface area contributed by atoms with E-state index in [4.69, 9.17) is 0 Å². The fourth-order valence-corrected chi connectivity index (χ4v) is 5.13. The van der Waals surface area contributed by atoms with E-state index in [1.54, 1.807) is 11.3 Å². The SMILES string of the molecule is CC(NC(=O)CSc1nnc(CN2CCCC2)n1Cc1ccccc1)c1cccs1. The molecule has 1 aromatic carbocycles. The van der Waals surface area contributed by atoms with Gasteiger partial charge in [0.25, 0.3) is 0 Å². The topological polar surface area (TPSA) is 63.1 Å². The number of benzene rings is 1. The largest absolute Gasteiger partial charge is 0.348 e. The summed E-state index contributed by atoms with van der Waals surface area (Å²) in [4.78, 5) is 16.1. The van der Waals surface area contributed by atoms with Crippen molar-refractivity contribution in [2.75, 3.05) is 18.8 Å². The Morgan fingerprint density at radius 2 is 1.93 bits per heavy atom. The van der Waals surface area contributed by atoms with E-state index in [1.807, 2.05) is 42.6 Å². The van der Waals surface area contributed by atoms with Crippen molar-refractivity contribution in [3.8, 4) is 0 Å². The summed E-state index contributed by atoms with van der Waals surface area (Å²) < 4.78 is 2.16. The number of hydrogen-bond acceptors (Lipinski definition) is 6. The first-order chi connectivity index (χ1) is 14.7. The molecule has 1 aliphatic rings. The third-order valence-corrected chi connectivity index (χ3v) is 7.24. The standard InChI is InChI=1S/C22H27N5OS2/c1-17(19-10-7-13-29-19)23-21(28)16-30-22-25-24-20(15-26-11-5-6-12-26)27(22)14-18-8-3-2-4-9-18/h2-4,7-10,13,17H,5-6,11-12,14-16H2,1H3,(H,23,28). The van der Waals surface area contributed by atoms with Crippen LogP contribution in [0.15, 0.2) is 53.0 Å². The van der Waals surface area contributed by atoms with Crippen LogP contribution in [0.1, 0.15) is 42.1 Å². The molecule has 3 heterocycles. The monoisotopic (exact) mass is 441 g/mol. The molecule has 0 saturated carbocycles. The molecule has 1 aliphatic heterocycles. The van der Waals surface area contributed by atoms with E-state index in [2.05, 4.69) is 37.1 Å². The number of nitrogens with one attached hydrogen (secondary N) is 1. The van der Waals surface area contributed by atoms with Crippen LogP contribution in [0.3, 0.4) is 0 Å². The fourth-order valence-electron chi connectivity index (χ4n) is 3.63. The van der Waals surface area contributed by atoms with Crippen LogP contribution in [-0.4, -0.2) is 44.4 Å². The smallest absolute Gasteiger partial charge is 0.230 e. The summed E-state index contributed by atoms with van der Waals surface area (Å²) in [5, 5.41) is 14.8. The predicted octanol–water partition coefficient (Wildman–Crippen LogP) is 3.95. The zero-order valence-corrected chi connectivity index (χ0v) is 18.8. The Bertz CT molecular complexity index is 936. The first-order valence-electron chi connectivity index (χ1n) is 10.3. The lowest BCUT2D eigenvalue weighted by Crippen LogP contribution is -2.27. The van der Waals surface area contributed by atoms with Crippen molar-refractivity contribution < 1.29 is 4.79 Å². The molecular formula is C22H27N5OS2. The van der Waals surface area contributed by atoms with E-state index in [9.17, 15) is 4.79 Å². The Kier molecular flexibility index (Phi) is 7.20. The van der Waals surface area contributed by atoms with Crippen LogP contribution in [0.25, 0.3) is 0 Å². The Morgan fingerprint density at radius 1 is 1.13 bits per heavy atom. The van der Waals surface area contributed by atoms with E-state index in [0.717, 1.165) is 35.5 Å². The quantitative estimate of drug-likeness (QED) is 0.510. The number of thiophene rings is 1. The van der Waals surface area contributed by atoms with Gasteiger partial charge in [0.2, 0.25) is 5.91 Å². The molecule has 1 fully saturated rings. The van der Waals surface area contributed by atoms with Crippen LogP contribution < -0.4 is 5.32 Å². The lowest BCUT2D eigenvalue weighted by molar-refractivity contribution is -0.119. The Hall–Kier alpha value is -2.16. The van der Waals surface area contributed by atoms with E-state index in [1.165, 1.54) is 30.2 Å². The number of amides is 1. The molecule has 6 nitrogen and oxygen atoms in total. The van der Waals surface area contributed by atoms with Crippen molar-refractivity contribution in [2.24, 2.45) is 0 Å². The minimum atomic E-state index is 0.0104. The summed E-state index contributed by atoms with van der Waals surface area (Å²) in [6.45, 7) is 5.77. The highest BCUT2D eigenvalue weighted by Gasteiger charge is 2.19. The van der Waals surface area contributed by atoms with E-state index in [0.29, 0.717) is 12.3 Å². The summed E-state index contributed by atoms with van der Waals surface area (Å²) in [6, 6.07) is 14.4. The second kappa shape index (κ2) is 10.2. The zero-order chi connectivity index (χ0) is 20.8. The maximum atomic E-state index is 12.5. The molecule has 1 unspecified atom stereocenters. The van der Waals surface area contributed by atoms with Gasteiger partial charge in [0.15, 0.2) is 5.16 Å². The number of thioether (sulfide) groups is 1. The maximum Gasteiger partial charge on any atom is 0.230 e. The Balaban J connectivity index is 1.43. The van der Waals surface area contributed by atoms with Crippen molar-refractivity contribution in [1.29, 1.82) is 0 Å². The lowest BCUT2D eigenvalue weighted by Gasteiger charge is -2.16. The minimum absolute atomic E-state index is 0.0104. The summed E-state index contributed by atoms with van der Waals surface area (Å²) >= 11 is 3.11. The molecule has 0 aliphatic carbocycles. The number of rotatable bonds is 9. The van der Waals surface area contributed by atoms with Crippen LogP contribution in [0.5, 0.6) is 0 Å². The maximum absolute atomic E-state index is 12.5. The number of aromatic nitrogens is 3. The van der Waals surface area contributed by atoms with Gasteiger partial charge in [0, 0.05) is 4.88 Å². The molecule has 158 valence electrons. The average molecular weight is 442 g/mol.